The maximum absolute atomic E-state index is 12.7. The van der Waals surface area contributed by atoms with E-state index in [1.165, 1.54) is 6.07 Å². The van der Waals surface area contributed by atoms with Crippen LogP contribution in [0.4, 0.5) is 13.2 Å². The Morgan fingerprint density at radius 3 is 2.70 bits per heavy atom. The summed E-state index contributed by atoms with van der Waals surface area (Å²) in [5.74, 6) is 0. The minimum absolute atomic E-state index is 0.346. The molecule has 0 unspecified atom stereocenters. The molecule has 0 atom stereocenters. The molecule has 4 aromatic rings. The summed E-state index contributed by atoms with van der Waals surface area (Å²) in [6, 6.07) is 9.60. The molecule has 4 rings (SSSR count). The lowest BCUT2D eigenvalue weighted by molar-refractivity contribution is -0.137. The van der Waals surface area contributed by atoms with E-state index in [0.29, 0.717) is 17.6 Å². The topological polar surface area (TPSA) is 30.7 Å². The summed E-state index contributed by atoms with van der Waals surface area (Å²) in [5.41, 5.74) is 4.15. The van der Waals surface area contributed by atoms with Crippen LogP contribution in [0.1, 0.15) is 11.1 Å². The Labute approximate surface area is 133 Å². The molecule has 116 valence electrons. The lowest BCUT2D eigenvalue weighted by Crippen LogP contribution is -2.04. The molecule has 2 heterocycles. The highest BCUT2D eigenvalue weighted by Crippen LogP contribution is 2.31. The summed E-state index contributed by atoms with van der Waals surface area (Å²) in [6.45, 7) is 0.551. The van der Waals surface area contributed by atoms with E-state index in [4.69, 9.17) is 0 Å². The Morgan fingerprint density at radius 1 is 1.00 bits per heavy atom. The average Bonchev–Trinajstić information content (AvgIpc) is 3.12. The molecule has 0 N–H and O–H groups in total. The molecule has 0 fully saturated rings. The average molecular weight is 333 g/mol. The fourth-order valence-corrected chi connectivity index (χ4v) is 3.30. The number of fused-ring (bicyclic) bond motifs is 2. The van der Waals surface area contributed by atoms with Gasteiger partial charge in [0.25, 0.3) is 0 Å². The molecule has 0 saturated carbocycles. The number of halogens is 3. The van der Waals surface area contributed by atoms with Crippen LogP contribution in [0.2, 0.25) is 0 Å². The molecular weight excluding hydrogens is 323 g/mol. The lowest BCUT2D eigenvalue weighted by atomic mass is 10.2. The van der Waals surface area contributed by atoms with E-state index in [0.717, 1.165) is 27.9 Å². The highest BCUT2D eigenvalue weighted by Gasteiger charge is 2.30. The van der Waals surface area contributed by atoms with Crippen LogP contribution in [0.25, 0.3) is 21.3 Å². The molecule has 0 radical (unpaired) electrons. The predicted molar refractivity (Wildman–Crippen MR) is 83.5 cm³/mol. The molecule has 2 aromatic carbocycles. The second kappa shape index (κ2) is 5.06. The van der Waals surface area contributed by atoms with Crippen molar-refractivity contribution in [2.45, 2.75) is 12.7 Å². The Morgan fingerprint density at radius 2 is 1.87 bits per heavy atom. The number of hydrogen-bond acceptors (Lipinski definition) is 3. The summed E-state index contributed by atoms with van der Waals surface area (Å²) in [7, 11) is 0. The number of alkyl halides is 3. The zero-order chi connectivity index (χ0) is 16.0. The number of thiazole rings is 1. The van der Waals surface area contributed by atoms with Crippen LogP contribution in [0, 0.1) is 0 Å². The van der Waals surface area contributed by atoms with Crippen LogP contribution in [0.15, 0.2) is 48.2 Å². The molecule has 23 heavy (non-hydrogen) atoms. The van der Waals surface area contributed by atoms with Gasteiger partial charge in [-0.1, -0.05) is 6.07 Å². The van der Waals surface area contributed by atoms with Gasteiger partial charge in [0.05, 0.1) is 38.7 Å². The zero-order valence-corrected chi connectivity index (χ0v) is 12.5. The van der Waals surface area contributed by atoms with E-state index in [2.05, 4.69) is 9.97 Å². The molecule has 0 aliphatic heterocycles. The largest absolute Gasteiger partial charge is 0.416 e. The van der Waals surface area contributed by atoms with Gasteiger partial charge in [-0.3, -0.25) is 0 Å². The minimum Gasteiger partial charge on any atom is -0.326 e. The number of benzene rings is 2. The quantitative estimate of drug-likeness (QED) is 0.532. The van der Waals surface area contributed by atoms with E-state index in [9.17, 15) is 13.2 Å². The van der Waals surface area contributed by atoms with Gasteiger partial charge in [-0.05, 0) is 35.9 Å². The fraction of sp³-hybridized carbons (Fsp3) is 0.125. The highest BCUT2D eigenvalue weighted by molar-refractivity contribution is 7.16. The van der Waals surface area contributed by atoms with Crippen molar-refractivity contribution < 1.29 is 13.2 Å². The van der Waals surface area contributed by atoms with E-state index in [1.807, 2.05) is 22.8 Å². The zero-order valence-electron chi connectivity index (χ0n) is 11.7. The first-order valence-electron chi connectivity index (χ1n) is 6.85. The summed E-state index contributed by atoms with van der Waals surface area (Å²) < 4.78 is 41.2. The Kier molecular flexibility index (Phi) is 3.12. The van der Waals surface area contributed by atoms with Gasteiger partial charge in [0.15, 0.2) is 0 Å². The fourth-order valence-electron chi connectivity index (χ4n) is 2.56. The van der Waals surface area contributed by atoms with Gasteiger partial charge in [0, 0.05) is 6.54 Å². The third-order valence-electron chi connectivity index (χ3n) is 3.70. The van der Waals surface area contributed by atoms with Crippen LogP contribution in [-0.2, 0) is 12.7 Å². The molecule has 3 nitrogen and oxygen atoms in total. The standard InChI is InChI=1S/C16H10F3N3S/c17-16(18,19)11-2-4-14-13(6-11)20-8-22(14)7-10-1-3-12-15(5-10)23-9-21-12/h1-6,8-9H,7H2. The van der Waals surface area contributed by atoms with Crippen molar-refractivity contribution in [3.05, 3.63) is 59.4 Å². The molecule has 0 amide bonds. The van der Waals surface area contributed by atoms with Gasteiger partial charge < -0.3 is 4.57 Å². The lowest BCUT2D eigenvalue weighted by Gasteiger charge is -2.07. The Bertz CT molecular complexity index is 1000. The van der Waals surface area contributed by atoms with Gasteiger partial charge in [-0.15, -0.1) is 11.3 Å². The van der Waals surface area contributed by atoms with Crippen molar-refractivity contribution in [3.8, 4) is 0 Å². The maximum Gasteiger partial charge on any atom is 0.416 e. The number of aromatic nitrogens is 3. The van der Waals surface area contributed by atoms with Crippen LogP contribution in [0.3, 0.4) is 0 Å². The number of nitrogens with zero attached hydrogens (tertiary/aromatic N) is 3. The second-order valence-electron chi connectivity index (χ2n) is 5.23. The van der Waals surface area contributed by atoms with Gasteiger partial charge in [-0.25, -0.2) is 9.97 Å². The molecule has 0 saturated heterocycles. The monoisotopic (exact) mass is 333 g/mol. The van der Waals surface area contributed by atoms with Crippen molar-refractivity contribution in [3.63, 3.8) is 0 Å². The summed E-state index contributed by atoms with van der Waals surface area (Å²) in [4.78, 5) is 8.33. The first-order valence-corrected chi connectivity index (χ1v) is 7.73. The van der Waals surface area contributed by atoms with Gasteiger partial charge >= 0.3 is 6.18 Å². The van der Waals surface area contributed by atoms with Crippen LogP contribution in [-0.4, -0.2) is 14.5 Å². The van der Waals surface area contributed by atoms with E-state index in [1.54, 1.807) is 23.2 Å². The molecule has 0 bridgehead atoms. The smallest absolute Gasteiger partial charge is 0.326 e. The van der Waals surface area contributed by atoms with E-state index < -0.39 is 11.7 Å². The SMILES string of the molecule is FC(F)(F)c1ccc2c(c1)ncn2Cc1ccc2ncsc2c1. The molecule has 0 aliphatic rings. The first-order chi connectivity index (χ1) is 11.0. The molecule has 2 aromatic heterocycles. The second-order valence-corrected chi connectivity index (χ2v) is 6.11. The first kappa shape index (κ1) is 14.2. The van der Waals surface area contributed by atoms with Crippen molar-refractivity contribution >= 4 is 32.6 Å². The Hall–Kier alpha value is -2.41. The minimum atomic E-state index is -4.35. The molecule has 7 heteroatoms. The van der Waals surface area contributed by atoms with E-state index in [-0.39, 0.29) is 0 Å². The van der Waals surface area contributed by atoms with Crippen molar-refractivity contribution in [1.82, 2.24) is 14.5 Å². The molecule has 0 aliphatic carbocycles. The van der Waals surface area contributed by atoms with Crippen molar-refractivity contribution in [1.29, 1.82) is 0 Å². The van der Waals surface area contributed by atoms with Crippen molar-refractivity contribution in [2.75, 3.05) is 0 Å². The summed E-state index contributed by atoms with van der Waals surface area (Å²) in [6.07, 6.45) is -2.78. The number of rotatable bonds is 2. The number of hydrogen-bond donors (Lipinski definition) is 0. The highest BCUT2D eigenvalue weighted by atomic mass is 32.1. The van der Waals surface area contributed by atoms with Crippen molar-refractivity contribution in [2.24, 2.45) is 0 Å². The number of imidazole rings is 1. The molecular formula is C16H10F3N3S. The maximum atomic E-state index is 12.7. The summed E-state index contributed by atoms with van der Waals surface area (Å²) in [5, 5.41) is 0. The normalized spacial score (nSPS) is 12.3. The van der Waals surface area contributed by atoms with Crippen LogP contribution in [0.5, 0.6) is 0 Å². The van der Waals surface area contributed by atoms with E-state index >= 15 is 0 Å². The van der Waals surface area contributed by atoms with Gasteiger partial charge in [-0.2, -0.15) is 13.2 Å². The Balaban J connectivity index is 1.71. The molecule has 0 spiro atoms. The third-order valence-corrected chi connectivity index (χ3v) is 4.49. The van der Waals surface area contributed by atoms with Gasteiger partial charge in [0.2, 0.25) is 0 Å². The van der Waals surface area contributed by atoms with Gasteiger partial charge in [0.1, 0.15) is 0 Å². The van der Waals surface area contributed by atoms with Crippen LogP contribution >= 0.6 is 11.3 Å². The third kappa shape index (κ3) is 2.57. The van der Waals surface area contributed by atoms with Crippen LogP contribution < -0.4 is 0 Å². The summed E-state index contributed by atoms with van der Waals surface area (Å²) >= 11 is 1.56. The predicted octanol–water partition coefficient (Wildman–Crippen LogP) is 4.71.